The van der Waals surface area contributed by atoms with Gasteiger partial charge in [0, 0.05) is 28.2 Å². The van der Waals surface area contributed by atoms with E-state index in [1.165, 1.54) is 13.0 Å². The summed E-state index contributed by atoms with van der Waals surface area (Å²) in [5.41, 5.74) is 0. The number of nitrogens with zero attached hydrogens (tertiary/aromatic N) is 1. The Bertz CT molecular complexity index is 127. The fraction of sp³-hybridized carbons (Fsp3) is 1.00. The van der Waals surface area contributed by atoms with Crippen LogP contribution in [0.15, 0.2) is 0 Å². The average molecular weight is 234 g/mol. The molecule has 4 nitrogen and oxygen atoms in total. The first-order valence-corrected chi connectivity index (χ1v) is 6.28. The molecule has 1 heterocycles. The zero-order valence-electron chi connectivity index (χ0n) is 11.1. The Morgan fingerprint density at radius 1 is 1.38 bits per heavy atom. The third kappa shape index (κ3) is 10.4. The molecule has 0 aromatic heterocycles. The molecule has 1 saturated heterocycles. The van der Waals surface area contributed by atoms with Crippen molar-refractivity contribution in [2.24, 2.45) is 0 Å². The van der Waals surface area contributed by atoms with E-state index in [1.807, 2.05) is 7.05 Å². The standard InChI is InChI=1S/C7H15NO.C5H13NO.H2/c1-2-3-8-4-6-9-7-5-8;1-6-4-3-5-7-2;/h2-7H2,1H3;6H,3-5H2,1-2H3;1H. The van der Waals surface area contributed by atoms with Crippen molar-refractivity contribution in [1.82, 2.24) is 10.2 Å². The van der Waals surface area contributed by atoms with E-state index in [0.717, 1.165) is 45.9 Å². The predicted octanol–water partition coefficient (Wildman–Crippen LogP) is 1.22. The Morgan fingerprint density at radius 2 is 2.06 bits per heavy atom. The van der Waals surface area contributed by atoms with Gasteiger partial charge in [0.15, 0.2) is 0 Å². The van der Waals surface area contributed by atoms with Gasteiger partial charge >= 0.3 is 0 Å². The number of rotatable bonds is 6. The Hall–Kier alpha value is -0.160. The molecule has 0 bridgehead atoms. The van der Waals surface area contributed by atoms with Crippen molar-refractivity contribution in [3.63, 3.8) is 0 Å². The number of methoxy groups -OCH3 is 1. The van der Waals surface area contributed by atoms with Gasteiger partial charge in [-0.05, 0) is 33.0 Å². The van der Waals surface area contributed by atoms with E-state index in [2.05, 4.69) is 17.1 Å². The van der Waals surface area contributed by atoms with E-state index < -0.39 is 0 Å². The van der Waals surface area contributed by atoms with Crippen LogP contribution < -0.4 is 5.32 Å². The molecule has 4 heteroatoms. The highest BCUT2D eigenvalue weighted by molar-refractivity contribution is 4.59. The maximum Gasteiger partial charge on any atom is 0.0594 e. The molecule has 0 aliphatic carbocycles. The number of morpholine rings is 1. The second-order valence-corrected chi connectivity index (χ2v) is 3.90. The summed E-state index contributed by atoms with van der Waals surface area (Å²) in [6.45, 7) is 9.50. The molecule has 0 amide bonds. The SMILES string of the molecule is CCCN1CCOCC1.CNCCCOC.[HH]. The first-order valence-electron chi connectivity index (χ1n) is 6.28. The maximum absolute atomic E-state index is 5.20. The van der Waals surface area contributed by atoms with E-state index in [0.29, 0.717) is 0 Å². The molecule has 100 valence electrons. The van der Waals surface area contributed by atoms with Crippen LogP contribution in [0.25, 0.3) is 0 Å². The molecule has 1 N–H and O–H groups in total. The summed E-state index contributed by atoms with van der Waals surface area (Å²) in [5.74, 6) is 0. The highest BCUT2D eigenvalue weighted by Gasteiger charge is 2.07. The molecule has 0 radical (unpaired) electrons. The molecule has 1 rings (SSSR count). The molecule has 0 saturated carbocycles. The predicted molar refractivity (Wildman–Crippen MR) is 70.1 cm³/mol. The van der Waals surface area contributed by atoms with Gasteiger partial charge in [-0.2, -0.15) is 0 Å². The topological polar surface area (TPSA) is 33.7 Å². The second-order valence-electron chi connectivity index (χ2n) is 3.90. The number of nitrogens with one attached hydrogen (secondary N) is 1. The fourth-order valence-corrected chi connectivity index (χ4v) is 1.53. The zero-order valence-corrected chi connectivity index (χ0v) is 11.1. The van der Waals surface area contributed by atoms with Crippen LogP contribution in [-0.4, -0.2) is 65.1 Å². The van der Waals surface area contributed by atoms with Gasteiger partial charge in [0.25, 0.3) is 0 Å². The highest BCUT2D eigenvalue weighted by Crippen LogP contribution is 1.96. The number of hydrogen-bond donors (Lipinski definition) is 1. The van der Waals surface area contributed by atoms with Crippen molar-refractivity contribution in [2.75, 3.05) is 60.2 Å². The average Bonchev–Trinajstić information content (AvgIpc) is 2.32. The van der Waals surface area contributed by atoms with Gasteiger partial charge in [-0.3, -0.25) is 4.90 Å². The fourth-order valence-electron chi connectivity index (χ4n) is 1.53. The van der Waals surface area contributed by atoms with Crippen LogP contribution in [0.5, 0.6) is 0 Å². The monoisotopic (exact) mass is 234 g/mol. The third-order valence-corrected chi connectivity index (χ3v) is 2.42. The van der Waals surface area contributed by atoms with Gasteiger partial charge in [-0.1, -0.05) is 6.92 Å². The molecule has 0 spiro atoms. The van der Waals surface area contributed by atoms with Crippen LogP contribution in [0.2, 0.25) is 0 Å². The lowest BCUT2D eigenvalue weighted by molar-refractivity contribution is 0.0380. The first-order chi connectivity index (χ1) is 7.85. The quantitative estimate of drug-likeness (QED) is 0.701. The van der Waals surface area contributed by atoms with Crippen molar-refractivity contribution in [3.8, 4) is 0 Å². The van der Waals surface area contributed by atoms with Crippen molar-refractivity contribution < 1.29 is 10.9 Å². The molecule has 0 unspecified atom stereocenters. The van der Waals surface area contributed by atoms with E-state index in [9.17, 15) is 0 Å². The van der Waals surface area contributed by atoms with Gasteiger partial charge in [0.1, 0.15) is 0 Å². The third-order valence-electron chi connectivity index (χ3n) is 2.42. The van der Waals surface area contributed by atoms with Crippen LogP contribution in [0.1, 0.15) is 21.2 Å². The van der Waals surface area contributed by atoms with E-state index in [4.69, 9.17) is 9.47 Å². The lowest BCUT2D eigenvalue weighted by atomic mass is 10.4. The van der Waals surface area contributed by atoms with Gasteiger partial charge in [0.2, 0.25) is 0 Å². The first kappa shape index (κ1) is 15.8. The normalized spacial score (nSPS) is 16.7. The minimum absolute atomic E-state index is 0. The summed E-state index contributed by atoms with van der Waals surface area (Å²) in [6.07, 6.45) is 2.37. The summed E-state index contributed by atoms with van der Waals surface area (Å²) >= 11 is 0. The molecule has 1 aliphatic rings. The largest absolute Gasteiger partial charge is 0.385 e. The molecule has 0 aromatic carbocycles. The molecular formula is C12H30N2O2. The lowest BCUT2D eigenvalue weighted by Gasteiger charge is -2.25. The van der Waals surface area contributed by atoms with Crippen molar-refractivity contribution >= 4 is 0 Å². The Kier molecular flexibility index (Phi) is 12.8. The molecule has 1 fully saturated rings. The van der Waals surface area contributed by atoms with Crippen molar-refractivity contribution in [2.45, 2.75) is 19.8 Å². The second kappa shape index (κ2) is 12.9. The number of hydrogen-bond acceptors (Lipinski definition) is 4. The van der Waals surface area contributed by atoms with Gasteiger partial charge in [0.05, 0.1) is 13.2 Å². The van der Waals surface area contributed by atoms with Crippen LogP contribution in [0, 0.1) is 0 Å². The lowest BCUT2D eigenvalue weighted by Crippen LogP contribution is -2.36. The smallest absolute Gasteiger partial charge is 0.0594 e. The highest BCUT2D eigenvalue weighted by atomic mass is 16.5. The summed E-state index contributed by atoms with van der Waals surface area (Å²) in [4.78, 5) is 2.45. The molecule has 16 heavy (non-hydrogen) atoms. The van der Waals surface area contributed by atoms with Gasteiger partial charge < -0.3 is 14.8 Å². The minimum Gasteiger partial charge on any atom is -0.385 e. The maximum atomic E-state index is 5.20. The summed E-state index contributed by atoms with van der Waals surface area (Å²) < 4.78 is 10.0. The van der Waals surface area contributed by atoms with Crippen molar-refractivity contribution in [1.29, 1.82) is 0 Å². The number of ether oxygens (including phenoxy) is 2. The zero-order chi connectivity index (χ0) is 12.1. The molecule has 1 aliphatic heterocycles. The van der Waals surface area contributed by atoms with E-state index in [1.54, 1.807) is 7.11 Å². The summed E-state index contributed by atoms with van der Waals surface area (Å²) in [5, 5.41) is 3.02. The van der Waals surface area contributed by atoms with Crippen LogP contribution in [-0.2, 0) is 9.47 Å². The molecular weight excluding hydrogens is 204 g/mol. The van der Waals surface area contributed by atoms with Gasteiger partial charge in [-0.15, -0.1) is 0 Å². The van der Waals surface area contributed by atoms with Gasteiger partial charge in [-0.25, -0.2) is 0 Å². The van der Waals surface area contributed by atoms with Crippen LogP contribution in [0.4, 0.5) is 0 Å². The van der Waals surface area contributed by atoms with E-state index >= 15 is 0 Å². The van der Waals surface area contributed by atoms with E-state index in [-0.39, 0.29) is 1.43 Å². The minimum atomic E-state index is 0. The Morgan fingerprint density at radius 3 is 2.56 bits per heavy atom. The molecule has 0 aromatic rings. The summed E-state index contributed by atoms with van der Waals surface area (Å²) in [6, 6.07) is 0. The molecule has 0 atom stereocenters. The van der Waals surface area contributed by atoms with Crippen LogP contribution in [0.3, 0.4) is 0 Å². The van der Waals surface area contributed by atoms with Crippen LogP contribution >= 0.6 is 0 Å². The Labute approximate surface area is 102 Å². The van der Waals surface area contributed by atoms with Crippen molar-refractivity contribution in [3.05, 3.63) is 0 Å². The Balaban J connectivity index is 0. The summed E-state index contributed by atoms with van der Waals surface area (Å²) in [7, 11) is 3.66.